The van der Waals surface area contributed by atoms with E-state index >= 15 is 0 Å². The number of Topliss-reactive ketones (excluding diaryl/α,β-unsaturated/α-hetero) is 2. The fourth-order valence-electron chi connectivity index (χ4n) is 7.28. The van der Waals surface area contributed by atoms with Gasteiger partial charge in [-0.1, -0.05) is 20.4 Å². The van der Waals surface area contributed by atoms with E-state index in [-0.39, 0.29) is 48.3 Å². The lowest BCUT2D eigenvalue weighted by atomic mass is 9.41. The molecule has 6 heteroatoms. The molecule has 0 amide bonds. The van der Waals surface area contributed by atoms with Crippen molar-refractivity contribution in [2.75, 3.05) is 6.61 Å². The molecule has 2 spiro atoms. The average Bonchev–Trinajstić information content (AvgIpc) is 2.82. The van der Waals surface area contributed by atoms with Crippen LogP contribution in [-0.2, 0) is 23.9 Å². The first-order chi connectivity index (χ1) is 13.1. The molecule has 0 aromatic heterocycles. The third-order valence-corrected chi connectivity index (χ3v) is 8.37. The van der Waals surface area contributed by atoms with Crippen LogP contribution in [0.3, 0.4) is 0 Å². The number of allylic oxidation sites excluding steroid dienone is 1. The Labute approximate surface area is 164 Å². The molecule has 3 saturated carbocycles. The fraction of sp³-hybridized carbons (Fsp3) is 0.682. The maximum Gasteiger partial charge on any atom is 0.303 e. The van der Waals surface area contributed by atoms with Crippen LogP contribution in [0.5, 0.6) is 0 Å². The molecule has 6 atom stereocenters. The zero-order valence-electron chi connectivity index (χ0n) is 16.5. The number of fused-ring (bicyclic) bond motifs is 3. The van der Waals surface area contributed by atoms with Gasteiger partial charge >= 0.3 is 5.97 Å². The molecule has 0 aromatic carbocycles. The second kappa shape index (κ2) is 5.15. The molecule has 6 aliphatic rings. The Bertz CT molecular complexity index is 881. The number of hydrogen-bond donors (Lipinski definition) is 1. The molecular weight excluding hydrogens is 360 g/mol. The minimum atomic E-state index is -1.13. The molecule has 6 rings (SSSR count). The summed E-state index contributed by atoms with van der Waals surface area (Å²) in [7, 11) is 0. The molecule has 0 aromatic rings. The van der Waals surface area contributed by atoms with Crippen molar-refractivity contribution >= 4 is 17.5 Å². The number of ketones is 2. The van der Waals surface area contributed by atoms with Gasteiger partial charge in [0.2, 0.25) is 5.78 Å². The summed E-state index contributed by atoms with van der Waals surface area (Å²) in [4.78, 5) is 39.0. The molecule has 6 nitrogen and oxygen atoms in total. The highest BCUT2D eigenvalue weighted by Crippen LogP contribution is 2.71. The van der Waals surface area contributed by atoms with Crippen molar-refractivity contribution in [1.29, 1.82) is 0 Å². The lowest BCUT2D eigenvalue weighted by Gasteiger charge is -2.63. The largest absolute Gasteiger partial charge is 0.504 e. The Morgan fingerprint density at radius 1 is 1.29 bits per heavy atom. The van der Waals surface area contributed by atoms with Crippen LogP contribution in [0.25, 0.3) is 0 Å². The van der Waals surface area contributed by atoms with Crippen LogP contribution < -0.4 is 0 Å². The van der Waals surface area contributed by atoms with Gasteiger partial charge in [-0.05, 0) is 42.2 Å². The van der Waals surface area contributed by atoms with Gasteiger partial charge in [0, 0.05) is 18.8 Å². The van der Waals surface area contributed by atoms with Crippen LogP contribution >= 0.6 is 0 Å². The van der Waals surface area contributed by atoms with Crippen molar-refractivity contribution in [3.63, 3.8) is 0 Å². The highest BCUT2D eigenvalue weighted by atomic mass is 16.5. The maximum atomic E-state index is 13.7. The quantitative estimate of drug-likeness (QED) is 0.550. The van der Waals surface area contributed by atoms with E-state index in [9.17, 15) is 19.5 Å². The van der Waals surface area contributed by atoms with Crippen molar-refractivity contribution in [1.82, 2.24) is 0 Å². The monoisotopic (exact) mass is 386 g/mol. The van der Waals surface area contributed by atoms with Crippen molar-refractivity contribution in [2.24, 2.45) is 28.1 Å². The molecule has 4 bridgehead atoms. The van der Waals surface area contributed by atoms with Crippen molar-refractivity contribution < 1.29 is 29.0 Å². The van der Waals surface area contributed by atoms with Gasteiger partial charge in [0.15, 0.2) is 5.76 Å². The summed E-state index contributed by atoms with van der Waals surface area (Å²) in [5.41, 5.74) is -1.47. The number of carbonyl (C=O) groups excluding carboxylic acids is 3. The number of aliphatic hydroxyl groups is 1. The van der Waals surface area contributed by atoms with Crippen LogP contribution in [0, 0.1) is 28.1 Å². The number of esters is 1. The number of ether oxygens (including phenoxy) is 2. The number of rotatable bonds is 1. The van der Waals surface area contributed by atoms with Crippen LogP contribution in [0.15, 0.2) is 23.5 Å². The minimum absolute atomic E-state index is 0.0408. The summed E-state index contributed by atoms with van der Waals surface area (Å²) in [6, 6.07) is 0. The average molecular weight is 386 g/mol. The summed E-state index contributed by atoms with van der Waals surface area (Å²) >= 11 is 0. The SMILES string of the molecule is C=C1[C@H]2CC[C@@H]3C(C2)(C(=O)C(O)=C2C(C)(C)[C@H]4CC(=O)[C@]23CO4)[C@@H]1OC(C)=O. The highest BCUT2D eigenvalue weighted by molar-refractivity contribution is 6.06. The summed E-state index contributed by atoms with van der Waals surface area (Å²) in [6.07, 6.45) is 1.06. The van der Waals surface area contributed by atoms with E-state index in [0.29, 0.717) is 18.4 Å². The third-order valence-electron chi connectivity index (χ3n) is 8.37. The van der Waals surface area contributed by atoms with Crippen molar-refractivity contribution in [2.45, 2.75) is 58.7 Å². The van der Waals surface area contributed by atoms with E-state index in [0.717, 1.165) is 12.0 Å². The molecule has 2 heterocycles. The van der Waals surface area contributed by atoms with E-state index in [1.807, 2.05) is 13.8 Å². The summed E-state index contributed by atoms with van der Waals surface area (Å²) in [5.74, 6) is -1.44. The van der Waals surface area contributed by atoms with Gasteiger partial charge in [-0.15, -0.1) is 0 Å². The van der Waals surface area contributed by atoms with Gasteiger partial charge in [-0.2, -0.15) is 0 Å². The zero-order valence-corrected chi connectivity index (χ0v) is 16.5. The second-order valence-electron chi connectivity index (χ2n) is 9.81. The predicted octanol–water partition coefficient (Wildman–Crippen LogP) is 2.67. The fourth-order valence-corrected chi connectivity index (χ4v) is 7.28. The maximum absolute atomic E-state index is 13.7. The van der Waals surface area contributed by atoms with Crippen molar-refractivity contribution in [3.8, 4) is 0 Å². The third kappa shape index (κ3) is 1.73. The summed E-state index contributed by atoms with van der Waals surface area (Å²) in [6.45, 7) is 9.53. The molecule has 2 aliphatic heterocycles. The standard InChI is InChI=1S/C22H26O6/c1-10-12-5-6-13-21(8-12,19(10)28-11(2)23)18(26)16(25)17-20(3,4)15-7-14(24)22(13,17)9-27-15/h12-13,15,19,25H,1,5-9H2,2-4H3/t12-,13+,15+,19+,21?,22+/m0/s1. The normalized spacial score (nSPS) is 45.8. The molecule has 5 fully saturated rings. The Morgan fingerprint density at radius 2 is 2.00 bits per heavy atom. The minimum Gasteiger partial charge on any atom is -0.504 e. The molecule has 1 unspecified atom stereocenters. The first-order valence-corrected chi connectivity index (χ1v) is 10.1. The lowest BCUT2D eigenvalue weighted by molar-refractivity contribution is -0.201. The van der Waals surface area contributed by atoms with Crippen LogP contribution in [0.1, 0.15) is 46.5 Å². The molecule has 1 N–H and O–H groups in total. The van der Waals surface area contributed by atoms with E-state index in [1.54, 1.807) is 0 Å². The molecule has 28 heavy (non-hydrogen) atoms. The van der Waals surface area contributed by atoms with Crippen molar-refractivity contribution in [3.05, 3.63) is 23.5 Å². The zero-order chi connectivity index (χ0) is 20.2. The number of carbonyl (C=O) groups is 3. The Morgan fingerprint density at radius 3 is 2.64 bits per heavy atom. The van der Waals surface area contributed by atoms with Gasteiger partial charge in [-0.3, -0.25) is 14.4 Å². The van der Waals surface area contributed by atoms with Gasteiger partial charge in [0.1, 0.15) is 11.9 Å². The predicted molar refractivity (Wildman–Crippen MR) is 98.2 cm³/mol. The van der Waals surface area contributed by atoms with E-state index in [4.69, 9.17) is 9.47 Å². The smallest absolute Gasteiger partial charge is 0.303 e. The molecular formula is C22H26O6. The first kappa shape index (κ1) is 18.1. The lowest BCUT2D eigenvalue weighted by Crippen LogP contribution is -2.70. The molecule has 150 valence electrons. The number of hydrogen-bond acceptors (Lipinski definition) is 6. The Balaban J connectivity index is 1.80. The van der Waals surface area contributed by atoms with Gasteiger partial charge < -0.3 is 14.6 Å². The summed E-state index contributed by atoms with van der Waals surface area (Å²) < 4.78 is 11.7. The Kier molecular flexibility index (Phi) is 3.33. The first-order valence-electron chi connectivity index (χ1n) is 10.1. The van der Waals surface area contributed by atoms with E-state index in [1.165, 1.54) is 6.92 Å². The topological polar surface area (TPSA) is 89.9 Å². The summed E-state index contributed by atoms with van der Waals surface area (Å²) in [5, 5.41) is 11.2. The van der Waals surface area contributed by atoms with Crippen LogP contribution in [0.2, 0.25) is 0 Å². The Hall–Kier alpha value is -1.95. The van der Waals surface area contributed by atoms with E-state index in [2.05, 4.69) is 6.58 Å². The highest BCUT2D eigenvalue weighted by Gasteiger charge is 2.76. The van der Waals surface area contributed by atoms with Crippen LogP contribution in [0.4, 0.5) is 0 Å². The van der Waals surface area contributed by atoms with Gasteiger partial charge in [-0.25, -0.2) is 0 Å². The molecule has 4 aliphatic carbocycles. The van der Waals surface area contributed by atoms with Gasteiger partial charge in [0.25, 0.3) is 0 Å². The van der Waals surface area contributed by atoms with Gasteiger partial charge in [0.05, 0.1) is 23.5 Å². The second-order valence-corrected chi connectivity index (χ2v) is 9.81. The van der Waals surface area contributed by atoms with E-state index < -0.39 is 28.3 Å². The molecule has 0 radical (unpaired) electrons. The number of aliphatic hydroxyl groups excluding tert-OH is 1. The van der Waals surface area contributed by atoms with Crippen LogP contribution in [-0.4, -0.2) is 41.5 Å². The molecule has 2 saturated heterocycles.